The van der Waals surface area contributed by atoms with Gasteiger partial charge < -0.3 is 20.1 Å². The third kappa shape index (κ3) is 6.57. The molecule has 0 bridgehead atoms. The van der Waals surface area contributed by atoms with Crippen molar-refractivity contribution < 1.29 is 13.9 Å². The van der Waals surface area contributed by atoms with E-state index in [0.717, 1.165) is 43.9 Å². The van der Waals surface area contributed by atoms with Crippen LogP contribution in [0.4, 0.5) is 4.39 Å². The monoisotopic (exact) mass is 527 g/mol. The second kappa shape index (κ2) is 12.1. The van der Waals surface area contributed by atoms with Gasteiger partial charge in [-0.15, -0.1) is 24.0 Å². The van der Waals surface area contributed by atoms with Crippen molar-refractivity contribution in [2.75, 3.05) is 33.4 Å². The number of ether oxygens (including phenoxy) is 2. The minimum absolute atomic E-state index is 0. The summed E-state index contributed by atoms with van der Waals surface area (Å²) in [5.74, 6) is 1.36. The number of hydrogen-bond donors (Lipinski definition) is 2. The quantitative estimate of drug-likeness (QED) is 0.321. The Bertz CT molecular complexity index is 808. The van der Waals surface area contributed by atoms with Crippen molar-refractivity contribution in [2.45, 2.75) is 31.7 Å². The zero-order chi connectivity index (χ0) is 20.5. The van der Waals surface area contributed by atoms with Gasteiger partial charge in [0.05, 0.1) is 6.61 Å². The fraction of sp³-hybridized carbons (Fsp3) is 0.435. The van der Waals surface area contributed by atoms with Crippen molar-refractivity contribution >= 4 is 29.9 Å². The first-order chi connectivity index (χ1) is 14.1. The van der Waals surface area contributed by atoms with Crippen LogP contribution < -0.4 is 15.4 Å². The van der Waals surface area contributed by atoms with E-state index in [1.807, 2.05) is 25.1 Å². The van der Waals surface area contributed by atoms with Crippen molar-refractivity contribution in [1.82, 2.24) is 10.6 Å². The first-order valence-corrected chi connectivity index (χ1v) is 10.2. The predicted octanol–water partition coefficient (Wildman–Crippen LogP) is 4.26. The fourth-order valence-electron chi connectivity index (χ4n) is 3.71. The molecule has 2 N–H and O–H groups in total. The van der Waals surface area contributed by atoms with Crippen molar-refractivity contribution in [2.24, 2.45) is 4.99 Å². The lowest BCUT2D eigenvalue weighted by Crippen LogP contribution is -2.47. The van der Waals surface area contributed by atoms with Crippen LogP contribution in [0.5, 0.6) is 5.75 Å². The molecule has 0 saturated carbocycles. The van der Waals surface area contributed by atoms with Crippen LogP contribution in [0.1, 0.15) is 30.9 Å². The summed E-state index contributed by atoms with van der Waals surface area (Å²) in [6.07, 6.45) is 1.88. The topological polar surface area (TPSA) is 54.9 Å². The SMILES string of the molecule is CCOc1ccc(C2(CNC(=NC)NCc3cccc(F)c3)CCOCC2)cc1.I. The van der Waals surface area contributed by atoms with Crippen molar-refractivity contribution in [3.05, 3.63) is 65.5 Å². The van der Waals surface area contributed by atoms with E-state index in [1.165, 1.54) is 17.7 Å². The summed E-state index contributed by atoms with van der Waals surface area (Å²) in [6.45, 7) is 5.38. The van der Waals surface area contributed by atoms with Crippen LogP contribution in [0.3, 0.4) is 0 Å². The van der Waals surface area contributed by atoms with Crippen molar-refractivity contribution in [1.29, 1.82) is 0 Å². The highest BCUT2D eigenvalue weighted by Crippen LogP contribution is 2.35. The number of halogens is 2. The number of nitrogens with one attached hydrogen (secondary N) is 2. The molecule has 0 unspecified atom stereocenters. The highest BCUT2D eigenvalue weighted by Gasteiger charge is 2.34. The van der Waals surface area contributed by atoms with Crippen molar-refractivity contribution in [3.8, 4) is 5.75 Å². The molecule has 0 atom stereocenters. The minimum atomic E-state index is -0.232. The predicted molar refractivity (Wildman–Crippen MR) is 129 cm³/mol. The molecule has 1 heterocycles. The maximum atomic E-state index is 13.4. The summed E-state index contributed by atoms with van der Waals surface area (Å²) in [5.41, 5.74) is 2.12. The molecule has 30 heavy (non-hydrogen) atoms. The van der Waals surface area contributed by atoms with Gasteiger partial charge in [0.25, 0.3) is 0 Å². The summed E-state index contributed by atoms with van der Waals surface area (Å²) in [4.78, 5) is 4.32. The molecule has 0 aliphatic carbocycles. The molecule has 3 rings (SSSR count). The van der Waals surface area contributed by atoms with Crippen LogP contribution >= 0.6 is 24.0 Å². The van der Waals surface area contributed by atoms with E-state index in [0.29, 0.717) is 19.1 Å². The minimum Gasteiger partial charge on any atom is -0.494 e. The number of rotatable bonds is 7. The van der Waals surface area contributed by atoms with E-state index in [2.05, 4.69) is 27.8 Å². The van der Waals surface area contributed by atoms with Crippen LogP contribution in [-0.2, 0) is 16.7 Å². The first kappa shape index (κ1) is 24.4. The first-order valence-electron chi connectivity index (χ1n) is 10.2. The molecule has 0 radical (unpaired) electrons. The lowest BCUT2D eigenvalue weighted by molar-refractivity contribution is 0.0513. The molecular formula is C23H31FIN3O2. The van der Waals surface area contributed by atoms with Gasteiger partial charge in [-0.25, -0.2) is 4.39 Å². The highest BCUT2D eigenvalue weighted by molar-refractivity contribution is 14.0. The van der Waals surface area contributed by atoms with Gasteiger partial charge in [0.1, 0.15) is 11.6 Å². The summed E-state index contributed by atoms with van der Waals surface area (Å²) in [7, 11) is 1.74. The number of benzene rings is 2. The Balaban J connectivity index is 0.00000320. The molecule has 1 fully saturated rings. The van der Waals surface area contributed by atoms with E-state index >= 15 is 0 Å². The largest absolute Gasteiger partial charge is 0.494 e. The summed E-state index contributed by atoms with van der Waals surface area (Å²) < 4.78 is 24.6. The molecular weight excluding hydrogens is 496 g/mol. The van der Waals surface area contributed by atoms with E-state index in [9.17, 15) is 4.39 Å². The van der Waals surface area contributed by atoms with Gasteiger partial charge in [-0.3, -0.25) is 4.99 Å². The molecule has 0 amide bonds. The van der Waals surface area contributed by atoms with Gasteiger partial charge in [-0.2, -0.15) is 0 Å². The third-order valence-electron chi connectivity index (χ3n) is 5.39. The van der Waals surface area contributed by atoms with Crippen LogP contribution in [-0.4, -0.2) is 39.4 Å². The molecule has 1 aliphatic rings. The lowest BCUT2D eigenvalue weighted by Gasteiger charge is -2.38. The van der Waals surface area contributed by atoms with Crippen LogP contribution in [0.2, 0.25) is 0 Å². The van der Waals surface area contributed by atoms with E-state index in [1.54, 1.807) is 13.1 Å². The number of nitrogens with zero attached hydrogens (tertiary/aromatic N) is 1. The number of aliphatic imine (C=N–C) groups is 1. The van der Waals surface area contributed by atoms with E-state index < -0.39 is 0 Å². The Labute approximate surface area is 195 Å². The van der Waals surface area contributed by atoms with Crippen LogP contribution in [0.25, 0.3) is 0 Å². The molecule has 0 aromatic heterocycles. The van der Waals surface area contributed by atoms with E-state index in [-0.39, 0.29) is 35.2 Å². The molecule has 7 heteroatoms. The average Bonchev–Trinajstić information content (AvgIpc) is 2.75. The molecule has 5 nitrogen and oxygen atoms in total. The Hall–Kier alpha value is -1.87. The van der Waals surface area contributed by atoms with E-state index in [4.69, 9.17) is 9.47 Å². The van der Waals surface area contributed by atoms with Gasteiger partial charge >= 0.3 is 0 Å². The van der Waals surface area contributed by atoms with Crippen LogP contribution in [0.15, 0.2) is 53.5 Å². The molecule has 2 aromatic rings. The van der Waals surface area contributed by atoms with Gasteiger partial charge in [-0.1, -0.05) is 24.3 Å². The molecule has 0 spiro atoms. The Morgan fingerprint density at radius 3 is 2.50 bits per heavy atom. The molecule has 2 aromatic carbocycles. The van der Waals surface area contributed by atoms with Crippen LogP contribution in [0, 0.1) is 5.82 Å². The highest BCUT2D eigenvalue weighted by atomic mass is 127. The third-order valence-corrected chi connectivity index (χ3v) is 5.39. The zero-order valence-electron chi connectivity index (χ0n) is 17.6. The second-order valence-electron chi connectivity index (χ2n) is 7.26. The summed E-state index contributed by atoms with van der Waals surface area (Å²) in [5, 5.41) is 6.73. The second-order valence-corrected chi connectivity index (χ2v) is 7.26. The molecule has 1 aliphatic heterocycles. The number of hydrogen-bond acceptors (Lipinski definition) is 3. The average molecular weight is 527 g/mol. The van der Waals surface area contributed by atoms with Gasteiger partial charge in [0.15, 0.2) is 5.96 Å². The summed E-state index contributed by atoms with van der Waals surface area (Å²) in [6, 6.07) is 15.0. The smallest absolute Gasteiger partial charge is 0.191 e. The summed E-state index contributed by atoms with van der Waals surface area (Å²) >= 11 is 0. The Morgan fingerprint density at radius 1 is 1.13 bits per heavy atom. The zero-order valence-corrected chi connectivity index (χ0v) is 19.9. The standard InChI is InChI=1S/C23H30FN3O2.HI/c1-3-29-21-9-7-19(8-10-21)23(11-13-28-14-12-23)17-27-22(25-2)26-16-18-5-4-6-20(24)15-18;/h4-10,15H,3,11-14,16-17H2,1-2H3,(H2,25,26,27);1H. The van der Waals surface area contributed by atoms with Crippen molar-refractivity contribution in [3.63, 3.8) is 0 Å². The maximum absolute atomic E-state index is 13.4. The Morgan fingerprint density at radius 2 is 1.87 bits per heavy atom. The number of guanidine groups is 1. The fourth-order valence-corrected chi connectivity index (χ4v) is 3.71. The van der Waals surface area contributed by atoms with Gasteiger partial charge in [0, 0.05) is 38.8 Å². The normalized spacial score (nSPS) is 15.8. The molecule has 164 valence electrons. The van der Waals surface area contributed by atoms with Gasteiger partial charge in [-0.05, 0) is 55.2 Å². The van der Waals surface area contributed by atoms with Gasteiger partial charge in [0.2, 0.25) is 0 Å². The Kier molecular flexibility index (Phi) is 9.84. The lowest BCUT2D eigenvalue weighted by atomic mass is 9.74. The maximum Gasteiger partial charge on any atom is 0.191 e. The molecule has 1 saturated heterocycles.